The van der Waals surface area contributed by atoms with Gasteiger partial charge in [-0.2, -0.15) is 5.10 Å². The Balaban J connectivity index is 1.54. The van der Waals surface area contributed by atoms with Gasteiger partial charge in [-0.25, -0.2) is 9.67 Å². The molecule has 1 saturated heterocycles. The van der Waals surface area contributed by atoms with Crippen molar-refractivity contribution in [3.8, 4) is 0 Å². The number of hydrogen-bond acceptors (Lipinski definition) is 5. The zero-order valence-electron chi connectivity index (χ0n) is 15.8. The fraction of sp³-hybridized carbons (Fsp3) is 0.579. The van der Waals surface area contributed by atoms with E-state index < -0.39 is 0 Å². The van der Waals surface area contributed by atoms with Crippen LogP contribution < -0.4 is 11.1 Å². The molecule has 0 aliphatic carbocycles. The molecule has 140 valence electrons. The van der Waals surface area contributed by atoms with Crippen LogP contribution in [0, 0.1) is 5.92 Å². The number of nitrogens with zero attached hydrogens (tertiary/aromatic N) is 5. The van der Waals surface area contributed by atoms with Crippen molar-refractivity contribution in [2.75, 3.05) is 13.1 Å². The Kier molecular flexibility index (Phi) is 5.66. The Hall–Kier alpha value is -2.28. The summed E-state index contributed by atoms with van der Waals surface area (Å²) in [5.41, 5.74) is 1.72. The van der Waals surface area contributed by atoms with E-state index in [4.69, 9.17) is 0 Å². The van der Waals surface area contributed by atoms with Gasteiger partial charge in [0, 0.05) is 32.3 Å². The van der Waals surface area contributed by atoms with Crippen LogP contribution in [-0.4, -0.2) is 37.3 Å². The highest BCUT2D eigenvalue weighted by atomic mass is 16.1. The van der Waals surface area contributed by atoms with Gasteiger partial charge in [-0.3, -0.25) is 19.1 Å². The lowest BCUT2D eigenvalue weighted by molar-refractivity contribution is 0.164. The van der Waals surface area contributed by atoms with Crippen LogP contribution in [-0.2, 0) is 20.1 Å². The van der Waals surface area contributed by atoms with E-state index >= 15 is 0 Å². The minimum atomic E-state index is -0.0880. The van der Waals surface area contributed by atoms with Crippen LogP contribution in [0.25, 0.3) is 0 Å². The summed E-state index contributed by atoms with van der Waals surface area (Å²) in [6.07, 6.45) is 3.78. The molecule has 0 unspecified atom stereocenters. The van der Waals surface area contributed by atoms with Crippen molar-refractivity contribution in [2.45, 2.75) is 45.7 Å². The van der Waals surface area contributed by atoms with Gasteiger partial charge in [-0.05, 0) is 43.8 Å². The first-order chi connectivity index (χ1) is 12.4. The first kappa shape index (κ1) is 18.5. The SMILES string of the molecule is CC(C)c1cc(=O)n(CC2CCN(Cc3ccc(=O)n(C)n3)CC2)cn1. The maximum Gasteiger partial charge on any atom is 0.266 e. The highest BCUT2D eigenvalue weighted by Crippen LogP contribution is 2.20. The third-order valence-electron chi connectivity index (χ3n) is 5.06. The number of rotatable bonds is 5. The van der Waals surface area contributed by atoms with Crippen molar-refractivity contribution >= 4 is 0 Å². The first-order valence-electron chi connectivity index (χ1n) is 9.24. The lowest BCUT2D eigenvalue weighted by atomic mass is 9.96. The molecular formula is C19H27N5O2. The second kappa shape index (κ2) is 7.95. The smallest absolute Gasteiger partial charge is 0.266 e. The van der Waals surface area contributed by atoms with Crippen LogP contribution in [0.2, 0.25) is 0 Å². The summed E-state index contributed by atoms with van der Waals surface area (Å²) in [6, 6.07) is 5.02. The molecule has 26 heavy (non-hydrogen) atoms. The van der Waals surface area contributed by atoms with E-state index in [1.807, 2.05) is 13.8 Å². The van der Waals surface area contributed by atoms with Crippen LogP contribution >= 0.6 is 0 Å². The summed E-state index contributed by atoms with van der Waals surface area (Å²) in [4.78, 5) is 30.4. The number of likely N-dealkylation sites (tertiary alicyclic amines) is 1. The molecule has 2 aromatic rings. The van der Waals surface area contributed by atoms with Crippen LogP contribution in [0.3, 0.4) is 0 Å². The Morgan fingerprint density at radius 3 is 2.50 bits per heavy atom. The average Bonchev–Trinajstić information content (AvgIpc) is 2.61. The summed E-state index contributed by atoms with van der Waals surface area (Å²) >= 11 is 0. The fourth-order valence-electron chi connectivity index (χ4n) is 3.36. The Morgan fingerprint density at radius 1 is 1.15 bits per heavy atom. The van der Waals surface area contributed by atoms with Crippen LogP contribution in [0.5, 0.6) is 0 Å². The Bertz CT molecular complexity index is 863. The van der Waals surface area contributed by atoms with Crippen molar-refractivity contribution in [3.05, 3.63) is 56.6 Å². The molecule has 7 heteroatoms. The molecule has 7 nitrogen and oxygen atoms in total. The predicted molar refractivity (Wildman–Crippen MR) is 100 cm³/mol. The van der Waals surface area contributed by atoms with Crippen molar-refractivity contribution in [3.63, 3.8) is 0 Å². The Labute approximate surface area is 153 Å². The van der Waals surface area contributed by atoms with E-state index in [1.54, 1.807) is 36.1 Å². The molecule has 1 fully saturated rings. The van der Waals surface area contributed by atoms with Crippen molar-refractivity contribution in [1.29, 1.82) is 0 Å². The van der Waals surface area contributed by atoms with Crippen LogP contribution in [0.1, 0.15) is 44.0 Å². The number of aryl methyl sites for hydroxylation is 1. The molecule has 0 N–H and O–H groups in total. The highest BCUT2D eigenvalue weighted by Gasteiger charge is 2.20. The molecule has 1 aliphatic heterocycles. The zero-order valence-corrected chi connectivity index (χ0v) is 15.8. The third-order valence-corrected chi connectivity index (χ3v) is 5.06. The maximum atomic E-state index is 12.3. The summed E-state index contributed by atoms with van der Waals surface area (Å²) in [7, 11) is 1.67. The maximum absolute atomic E-state index is 12.3. The molecule has 0 bridgehead atoms. The molecule has 0 aromatic carbocycles. The summed E-state index contributed by atoms with van der Waals surface area (Å²) in [6.45, 7) is 7.52. The second-order valence-corrected chi connectivity index (χ2v) is 7.47. The summed E-state index contributed by atoms with van der Waals surface area (Å²) in [5, 5.41) is 4.30. The van der Waals surface area contributed by atoms with Gasteiger partial charge in [0.2, 0.25) is 0 Å². The molecule has 3 heterocycles. The van der Waals surface area contributed by atoms with Crippen molar-refractivity contribution in [1.82, 2.24) is 24.2 Å². The number of aromatic nitrogens is 4. The molecular weight excluding hydrogens is 330 g/mol. The highest BCUT2D eigenvalue weighted by molar-refractivity contribution is 5.04. The molecule has 2 aromatic heterocycles. The van der Waals surface area contributed by atoms with Gasteiger partial charge in [-0.1, -0.05) is 13.8 Å². The number of hydrogen-bond donors (Lipinski definition) is 0. The van der Waals surface area contributed by atoms with E-state index in [-0.39, 0.29) is 17.0 Å². The van der Waals surface area contributed by atoms with Crippen LogP contribution in [0.4, 0.5) is 0 Å². The van der Waals surface area contributed by atoms with Gasteiger partial charge in [0.15, 0.2) is 0 Å². The zero-order chi connectivity index (χ0) is 18.7. The number of piperidine rings is 1. The van der Waals surface area contributed by atoms with E-state index in [9.17, 15) is 9.59 Å². The lowest BCUT2D eigenvalue weighted by Gasteiger charge is -2.31. The van der Waals surface area contributed by atoms with Crippen molar-refractivity contribution in [2.24, 2.45) is 13.0 Å². The van der Waals surface area contributed by atoms with E-state index in [0.717, 1.165) is 50.4 Å². The molecule has 0 amide bonds. The predicted octanol–water partition coefficient (Wildman–Crippen LogP) is 1.37. The molecule has 1 aliphatic rings. The molecule has 0 radical (unpaired) electrons. The lowest BCUT2D eigenvalue weighted by Crippen LogP contribution is -2.36. The standard InChI is InChI=1S/C19H27N5O2/c1-14(2)17-10-19(26)24(13-20-17)11-15-6-8-23(9-7-15)12-16-4-5-18(25)22(3)21-16/h4-5,10,13-15H,6-9,11-12H2,1-3H3. The Morgan fingerprint density at radius 2 is 1.88 bits per heavy atom. The van der Waals surface area contributed by atoms with Crippen molar-refractivity contribution < 1.29 is 0 Å². The average molecular weight is 357 g/mol. The largest absolute Gasteiger partial charge is 0.299 e. The van der Waals surface area contributed by atoms with Crippen LogP contribution in [0.15, 0.2) is 34.1 Å². The molecule has 3 rings (SSSR count). The van der Waals surface area contributed by atoms with Gasteiger partial charge < -0.3 is 0 Å². The first-order valence-corrected chi connectivity index (χ1v) is 9.24. The fourth-order valence-corrected chi connectivity index (χ4v) is 3.36. The minimum Gasteiger partial charge on any atom is -0.299 e. The summed E-state index contributed by atoms with van der Waals surface area (Å²) in [5.74, 6) is 0.760. The normalized spacial score (nSPS) is 16.3. The molecule has 0 saturated carbocycles. The van der Waals surface area contributed by atoms with E-state index in [0.29, 0.717) is 5.92 Å². The summed E-state index contributed by atoms with van der Waals surface area (Å²) < 4.78 is 3.11. The quantitative estimate of drug-likeness (QED) is 0.808. The minimum absolute atomic E-state index is 0.0422. The molecule has 0 atom stereocenters. The van der Waals surface area contributed by atoms with Gasteiger partial charge in [0.25, 0.3) is 11.1 Å². The second-order valence-electron chi connectivity index (χ2n) is 7.47. The topological polar surface area (TPSA) is 73.0 Å². The van der Waals surface area contributed by atoms with Gasteiger partial charge in [0.1, 0.15) is 0 Å². The van der Waals surface area contributed by atoms with E-state index in [1.165, 1.54) is 4.68 Å². The van der Waals surface area contributed by atoms with Gasteiger partial charge in [0.05, 0.1) is 17.7 Å². The third kappa shape index (κ3) is 4.46. The van der Waals surface area contributed by atoms with E-state index in [2.05, 4.69) is 15.0 Å². The van der Waals surface area contributed by atoms with Gasteiger partial charge >= 0.3 is 0 Å². The monoisotopic (exact) mass is 357 g/mol. The van der Waals surface area contributed by atoms with Gasteiger partial charge in [-0.15, -0.1) is 0 Å². The molecule has 0 spiro atoms.